The van der Waals surface area contributed by atoms with Gasteiger partial charge in [0, 0.05) is 18.0 Å². The number of carbonyl (C=O) groups excluding carboxylic acids is 1. The zero-order valence-electron chi connectivity index (χ0n) is 14.9. The summed E-state index contributed by atoms with van der Waals surface area (Å²) < 4.78 is 7.43. The molecule has 134 valence electrons. The molecule has 1 aliphatic rings. The number of rotatable bonds is 2. The quantitative estimate of drug-likeness (QED) is 0.507. The molecule has 8 nitrogen and oxygen atoms in total. The van der Waals surface area contributed by atoms with Gasteiger partial charge in [-0.3, -0.25) is 4.79 Å². The molecule has 8 heteroatoms. The third kappa shape index (κ3) is 2.33. The van der Waals surface area contributed by atoms with Crippen molar-refractivity contribution in [3.8, 4) is 17.3 Å². The fraction of sp³-hybridized carbons (Fsp3) is 0.211. The highest BCUT2D eigenvalue weighted by Crippen LogP contribution is 2.34. The highest BCUT2D eigenvalue weighted by molar-refractivity contribution is 6.05. The molecule has 1 aromatic carbocycles. The Bertz CT molecular complexity index is 1220. The number of Topliss-reactive ketones (excluding diaryl/α,β-unsaturated/α-hetero) is 1. The van der Waals surface area contributed by atoms with Crippen molar-refractivity contribution in [2.24, 2.45) is 0 Å². The molecule has 5 rings (SSSR count). The maximum absolute atomic E-state index is 12.0. The number of aromatic nitrogens is 5. The maximum Gasteiger partial charge on any atom is 0.222 e. The van der Waals surface area contributed by atoms with E-state index in [1.54, 1.807) is 16.8 Å². The number of fused-ring (bicyclic) bond motifs is 4. The van der Waals surface area contributed by atoms with Gasteiger partial charge in [0.25, 0.3) is 0 Å². The van der Waals surface area contributed by atoms with Crippen molar-refractivity contribution in [3.63, 3.8) is 0 Å². The molecule has 27 heavy (non-hydrogen) atoms. The molecule has 0 atom stereocenters. The smallest absolute Gasteiger partial charge is 0.222 e. The number of nitrogens with zero attached hydrogens (tertiary/aromatic N) is 6. The second kappa shape index (κ2) is 5.73. The van der Waals surface area contributed by atoms with Crippen molar-refractivity contribution >= 4 is 28.0 Å². The number of likely N-dealkylation sites (N-methyl/N-ethyl adjacent to an activating group) is 1. The van der Waals surface area contributed by atoms with E-state index in [1.165, 1.54) is 6.92 Å². The van der Waals surface area contributed by atoms with Gasteiger partial charge < -0.3 is 9.64 Å². The number of hydrogen-bond acceptors (Lipinski definition) is 7. The second-order valence-corrected chi connectivity index (χ2v) is 6.52. The molecule has 4 heterocycles. The maximum atomic E-state index is 12.0. The predicted molar refractivity (Wildman–Crippen MR) is 100 cm³/mol. The Morgan fingerprint density at radius 3 is 2.93 bits per heavy atom. The van der Waals surface area contributed by atoms with E-state index in [1.807, 2.05) is 31.3 Å². The Morgan fingerprint density at radius 1 is 1.19 bits per heavy atom. The first-order valence-electron chi connectivity index (χ1n) is 8.63. The van der Waals surface area contributed by atoms with Gasteiger partial charge >= 0.3 is 0 Å². The molecular formula is C19H16N6O2. The molecule has 0 spiro atoms. The second-order valence-electron chi connectivity index (χ2n) is 6.52. The Kier molecular flexibility index (Phi) is 3.33. The monoisotopic (exact) mass is 360 g/mol. The van der Waals surface area contributed by atoms with Crippen molar-refractivity contribution in [1.82, 2.24) is 24.8 Å². The van der Waals surface area contributed by atoms with Crippen molar-refractivity contribution < 1.29 is 9.53 Å². The lowest BCUT2D eigenvalue weighted by atomic mass is 10.1. The zero-order valence-corrected chi connectivity index (χ0v) is 14.9. The van der Waals surface area contributed by atoms with Crippen LogP contribution in [0.1, 0.15) is 17.3 Å². The summed E-state index contributed by atoms with van der Waals surface area (Å²) in [4.78, 5) is 18.7. The molecule has 0 unspecified atom stereocenters. The van der Waals surface area contributed by atoms with Crippen LogP contribution in [-0.2, 0) is 0 Å². The highest BCUT2D eigenvalue weighted by Gasteiger charge is 2.23. The number of hydrogen-bond donors (Lipinski definition) is 0. The molecule has 0 radical (unpaired) electrons. The summed E-state index contributed by atoms with van der Waals surface area (Å²) in [5.74, 6) is 1.15. The summed E-state index contributed by atoms with van der Waals surface area (Å²) in [6, 6.07) is 9.35. The summed E-state index contributed by atoms with van der Waals surface area (Å²) in [6.07, 6.45) is 1.75. The lowest BCUT2D eigenvalue weighted by molar-refractivity contribution is 0.101. The van der Waals surface area contributed by atoms with Crippen molar-refractivity contribution in [3.05, 3.63) is 42.1 Å². The van der Waals surface area contributed by atoms with Gasteiger partial charge in [0.15, 0.2) is 11.5 Å². The normalized spacial score (nSPS) is 13.6. The van der Waals surface area contributed by atoms with Gasteiger partial charge in [0.2, 0.25) is 11.5 Å². The Balaban J connectivity index is 1.72. The van der Waals surface area contributed by atoms with E-state index in [9.17, 15) is 4.79 Å². The minimum atomic E-state index is -0.0278. The molecule has 4 aromatic rings. The van der Waals surface area contributed by atoms with Crippen LogP contribution >= 0.6 is 0 Å². The van der Waals surface area contributed by atoms with E-state index < -0.39 is 0 Å². The number of anilines is 1. The fourth-order valence-electron chi connectivity index (χ4n) is 3.35. The molecule has 0 aliphatic carbocycles. The topological polar surface area (TPSA) is 85.5 Å². The SMILES string of the molecule is CC(=O)c1cccc2ccc(-c3nnc4c5c(cnn34)N(C)CCO5)nc12. The van der Waals surface area contributed by atoms with Gasteiger partial charge in [-0.15, -0.1) is 10.2 Å². The van der Waals surface area contributed by atoms with E-state index >= 15 is 0 Å². The van der Waals surface area contributed by atoms with Crippen LogP contribution in [0, 0.1) is 0 Å². The van der Waals surface area contributed by atoms with E-state index in [0.29, 0.717) is 40.6 Å². The van der Waals surface area contributed by atoms with E-state index in [0.717, 1.165) is 17.6 Å². The summed E-state index contributed by atoms with van der Waals surface area (Å²) in [5.41, 5.74) is 3.26. The first kappa shape index (κ1) is 15.7. The molecule has 0 saturated carbocycles. The first-order valence-corrected chi connectivity index (χ1v) is 8.63. The number of ether oxygens (including phenoxy) is 1. The van der Waals surface area contributed by atoms with Gasteiger partial charge in [0.1, 0.15) is 18.0 Å². The summed E-state index contributed by atoms with van der Waals surface area (Å²) >= 11 is 0. The number of ketones is 1. The average Bonchev–Trinajstić information content (AvgIpc) is 3.12. The van der Waals surface area contributed by atoms with Crippen molar-refractivity contribution in [2.45, 2.75) is 6.92 Å². The molecule has 3 aromatic heterocycles. The molecule has 0 amide bonds. The zero-order chi connectivity index (χ0) is 18.5. The van der Waals surface area contributed by atoms with Gasteiger partial charge in [-0.25, -0.2) is 4.98 Å². The van der Waals surface area contributed by atoms with E-state index in [-0.39, 0.29) is 5.78 Å². The number of benzene rings is 1. The van der Waals surface area contributed by atoms with Crippen LogP contribution in [0.25, 0.3) is 28.1 Å². The minimum absolute atomic E-state index is 0.0278. The first-order chi connectivity index (χ1) is 13.1. The van der Waals surface area contributed by atoms with Crippen LogP contribution in [0.5, 0.6) is 5.75 Å². The van der Waals surface area contributed by atoms with Crippen LogP contribution < -0.4 is 9.64 Å². The van der Waals surface area contributed by atoms with Crippen LogP contribution in [0.2, 0.25) is 0 Å². The van der Waals surface area contributed by atoms with Gasteiger partial charge in [-0.2, -0.15) is 9.61 Å². The van der Waals surface area contributed by atoms with E-state index in [2.05, 4.69) is 25.2 Å². The van der Waals surface area contributed by atoms with Gasteiger partial charge in [0.05, 0.1) is 18.3 Å². The third-order valence-electron chi connectivity index (χ3n) is 4.78. The largest absolute Gasteiger partial charge is 0.486 e. The number of para-hydroxylation sites is 1. The van der Waals surface area contributed by atoms with Crippen LogP contribution in [0.4, 0.5) is 5.69 Å². The minimum Gasteiger partial charge on any atom is -0.486 e. The molecule has 0 bridgehead atoms. The third-order valence-corrected chi connectivity index (χ3v) is 4.78. The number of carbonyl (C=O) groups is 1. The summed E-state index contributed by atoms with van der Waals surface area (Å²) in [5, 5.41) is 13.9. The lowest BCUT2D eigenvalue weighted by Gasteiger charge is -2.26. The van der Waals surface area contributed by atoms with Gasteiger partial charge in [-0.1, -0.05) is 18.2 Å². The lowest BCUT2D eigenvalue weighted by Crippen LogP contribution is -2.29. The fourth-order valence-corrected chi connectivity index (χ4v) is 3.35. The molecular weight excluding hydrogens is 344 g/mol. The predicted octanol–water partition coefficient (Wildman–Crippen LogP) is 2.37. The average molecular weight is 360 g/mol. The van der Waals surface area contributed by atoms with Crippen molar-refractivity contribution in [1.29, 1.82) is 0 Å². The standard InChI is InChI=1S/C19H16N6O2/c1-11(26)13-5-3-4-12-6-7-14(21-16(12)13)18-22-23-19-17-15(10-20-25(18)19)24(2)8-9-27-17/h3-7,10H,8-9H2,1-2H3. The van der Waals surface area contributed by atoms with Crippen LogP contribution in [0.3, 0.4) is 0 Å². The Hall–Kier alpha value is -3.55. The summed E-state index contributed by atoms with van der Waals surface area (Å²) in [6.45, 7) is 2.92. The Morgan fingerprint density at radius 2 is 2.07 bits per heavy atom. The molecule has 0 N–H and O–H groups in total. The van der Waals surface area contributed by atoms with E-state index in [4.69, 9.17) is 4.74 Å². The van der Waals surface area contributed by atoms with Crippen LogP contribution in [0.15, 0.2) is 36.5 Å². The molecule has 0 saturated heterocycles. The van der Waals surface area contributed by atoms with Gasteiger partial charge in [-0.05, 0) is 19.1 Å². The molecule has 0 fully saturated rings. The highest BCUT2D eigenvalue weighted by atomic mass is 16.5. The Labute approximate surface area is 154 Å². The van der Waals surface area contributed by atoms with Crippen molar-refractivity contribution in [2.75, 3.05) is 25.1 Å². The summed E-state index contributed by atoms with van der Waals surface area (Å²) in [7, 11) is 1.99. The van der Waals surface area contributed by atoms with Crippen LogP contribution in [-0.4, -0.2) is 50.8 Å². The number of pyridine rings is 1. The molecule has 1 aliphatic heterocycles.